The Balaban J connectivity index is 1.55. The molecule has 1 fully saturated rings. The Hall–Kier alpha value is -3.60. The lowest BCUT2D eigenvalue weighted by atomic mass is 9.99. The Kier molecular flexibility index (Phi) is 6.03. The van der Waals surface area contributed by atoms with Crippen LogP contribution in [0.5, 0.6) is 0 Å². The third-order valence-corrected chi connectivity index (χ3v) is 5.53. The number of anilines is 1. The predicted molar refractivity (Wildman–Crippen MR) is 113 cm³/mol. The van der Waals surface area contributed by atoms with Gasteiger partial charge in [-0.2, -0.15) is 9.78 Å². The van der Waals surface area contributed by atoms with E-state index in [0.717, 1.165) is 37.1 Å². The fourth-order valence-electron chi connectivity index (χ4n) is 3.60. The number of piperidine rings is 1. The Morgan fingerprint density at radius 2 is 2.06 bits per heavy atom. The van der Waals surface area contributed by atoms with Gasteiger partial charge in [0.2, 0.25) is 11.6 Å². The summed E-state index contributed by atoms with van der Waals surface area (Å²) in [5, 5.41) is 19.6. The third-order valence-electron chi connectivity index (χ3n) is 5.53. The van der Waals surface area contributed by atoms with Gasteiger partial charge in [-0.05, 0) is 41.6 Å². The van der Waals surface area contributed by atoms with Crippen molar-refractivity contribution >= 4 is 17.9 Å². The van der Waals surface area contributed by atoms with Gasteiger partial charge in [0.15, 0.2) is 5.69 Å². The molecule has 0 bridgehead atoms. The van der Waals surface area contributed by atoms with Gasteiger partial charge in [0.05, 0.1) is 19.3 Å². The molecule has 1 aliphatic rings. The summed E-state index contributed by atoms with van der Waals surface area (Å²) in [4.78, 5) is 14.2. The van der Waals surface area contributed by atoms with Gasteiger partial charge in [0.1, 0.15) is 12.2 Å². The molecule has 11 heteroatoms. The highest BCUT2D eigenvalue weighted by atomic mass is 16.6. The second-order valence-electron chi connectivity index (χ2n) is 7.99. The zero-order chi connectivity index (χ0) is 21.8. The average Bonchev–Trinajstić information content (AvgIpc) is 3.37. The van der Waals surface area contributed by atoms with Crippen LogP contribution in [0.1, 0.15) is 47.1 Å². The van der Waals surface area contributed by atoms with Crippen molar-refractivity contribution < 1.29 is 14.3 Å². The molecule has 0 spiro atoms. The van der Waals surface area contributed by atoms with Crippen LogP contribution >= 0.6 is 0 Å². The van der Waals surface area contributed by atoms with E-state index in [1.807, 2.05) is 31.2 Å². The number of aryl methyl sites for hydroxylation is 1. The number of hydrazone groups is 1. The number of carbonyl (C=O) groups excluding carboxylic acids is 1. The average molecular weight is 424 g/mol. The van der Waals surface area contributed by atoms with Crippen LogP contribution < -0.4 is 16.1 Å². The van der Waals surface area contributed by atoms with Crippen LogP contribution in [-0.4, -0.2) is 50.5 Å². The van der Waals surface area contributed by atoms with Crippen molar-refractivity contribution in [1.29, 1.82) is 0 Å². The normalized spacial score (nSPS) is 19.0. The molecular formula is C20H26N9O2+. The summed E-state index contributed by atoms with van der Waals surface area (Å²) >= 11 is 0. The van der Waals surface area contributed by atoms with E-state index in [1.54, 1.807) is 6.21 Å². The Morgan fingerprint density at radius 3 is 2.74 bits per heavy atom. The first-order chi connectivity index (χ1) is 15.0. The number of nitrogens with one attached hydrogen (secondary N) is 2. The first-order valence-electron chi connectivity index (χ1n) is 10.3. The summed E-state index contributed by atoms with van der Waals surface area (Å²) in [6.45, 7) is 6.83. The van der Waals surface area contributed by atoms with E-state index in [9.17, 15) is 4.79 Å². The molecule has 0 unspecified atom stereocenters. The molecule has 2 aromatic heterocycles. The number of quaternary nitrogens is 1. The number of aromatic nitrogens is 5. The van der Waals surface area contributed by atoms with Crippen molar-refractivity contribution in [3.63, 3.8) is 0 Å². The molecule has 0 aliphatic carbocycles. The van der Waals surface area contributed by atoms with E-state index in [2.05, 4.69) is 38.1 Å². The number of benzene rings is 1. The highest BCUT2D eigenvalue weighted by Crippen LogP contribution is 2.16. The van der Waals surface area contributed by atoms with Crippen LogP contribution in [-0.2, 0) is 6.54 Å². The number of nitrogens with zero attached hydrogens (tertiary/aromatic N) is 6. The SMILES string of the molecule is Cc1ccc(C=NNC(=O)c2nnn(-c3nonc3N)c2C[NH+]2CCC(C)CC2)cc1. The van der Waals surface area contributed by atoms with Crippen molar-refractivity contribution in [3.8, 4) is 5.82 Å². The van der Waals surface area contributed by atoms with Gasteiger partial charge >= 0.3 is 0 Å². The smallest absolute Gasteiger partial charge is 0.294 e. The lowest BCUT2D eigenvalue weighted by molar-refractivity contribution is -0.920. The molecule has 0 radical (unpaired) electrons. The van der Waals surface area contributed by atoms with E-state index in [-0.39, 0.29) is 17.3 Å². The molecule has 31 heavy (non-hydrogen) atoms. The summed E-state index contributed by atoms with van der Waals surface area (Å²) in [5.41, 5.74) is 11.2. The highest BCUT2D eigenvalue weighted by Gasteiger charge is 2.28. The molecule has 1 aliphatic heterocycles. The maximum absolute atomic E-state index is 12.8. The summed E-state index contributed by atoms with van der Waals surface area (Å²) in [7, 11) is 0. The maximum Gasteiger partial charge on any atom is 0.294 e. The Morgan fingerprint density at radius 1 is 1.32 bits per heavy atom. The molecule has 0 saturated carbocycles. The van der Waals surface area contributed by atoms with E-state index >= 15 is 0 Å². The minimum Gasteiger partial charge on any atom is -0.378 e. The van der Waals surface area contributed by atoms with Crippen molar-refractivity contribution in [3.05, 3.63) is 46.8 Å². The third kappa shape index (κ3) is 4.77. The van der Waals surface area contributed by atoms with E-state index in [4.69, 9.17) is 10.4 Å². The molecule has 3 aromatic rings. The summed E-state index contributed by atoms with van der Waals surface area (Å²) < 4.78 is 6.13. The lowest BCUT2D eigenvalue weighted by Gasteiger charge is -2.27. The predicted octanol–water partition coefficient (Wildman–Crippen LogP) is 0.120. The zero-order valence-electron chi connectivity index (χ0n) is 17.6. The quantitative estimate of drug-likeness (QED) is 0.377. The van der Waals surface area contributed by atoms with Crippen LogP contribution in [0, 0.1) is 12.8 Å². The molecule has 3 heterocycles. The van der Waals surface area contributed by atoms with Crippen LogP contribution in [0.25, 0.3) is 5.82 Å². The van der Waals surface area contributed by atoms with Crippen molar-refractivity contribution in [2.45, 2.75) is 33.2 Å². The highest BCUT2D eigenvalue weighted by molar-refractivity contribution is 5.94. The number of nitrogens with two attached hydrogens (primary N) is 1. The summed E-state index contributed by atoms with van der Waals surface area (Å²) in [5.74, 6) is 0.553. The van der Waals surface area contributed by atoms with Crippen molar-refractivity contribution in [1.82, 2.24) is 30.7 Å². The van der Waals surface area contributed by atoms with Crippen molar-refractivity contribution in [2.75, 3.05) is 18.8 Å². The van der Waals surface area contributed by atoms with E-state index in [0.29, 0.717) is 18.2 Å². The number of amides is 1. The number of hydrogen-bond donors (Lipinski definition) is 3. The van der Waals surface area contributed by atoms with Gasteiger partial charge in [0.25, 0.3) is 5.91 Å². The van der Waals surface area contributed by atoms with Gasteiger partial charge < -0.3 is 10.6 Å². The summed E-state index contributed by atoms with van der Waals surface area (Å²) in [6, 6.07) is 7.80. The van der Waals surface area contributed by atoms with Crippen LogP contribution in [0.3, 0.4) is 0 Å². The number of carbonyl (C=O) groups is 1. The van der Waals surface area contributed by atoms with E-state index in [1.165, 1.54) is 9.58 Å². The minimum absolute atomic E-state index is 0.0813. The van der Waals surface area contributed by atoms with Crippen LogP contribution in [0.15, 0.2) is 34.0 Å². The second kappa shape index (κ2) is 9.04. The molecule has 0 atom stereocenters. The second-order valence-corrected chi connectivity index (χ2v) is 7.99. The summed E-state index contributed by atoms with van der Waals surface area (Å²) in [6.07, 6.45) is 3.85. The number of likely N-dealkylation sites (tertiary alicyclic amines) is 1. The van der Waals surface area contributed by atoms with Crippen molar-refractivity contribution in [2.24, 2.45) is 11.0 Å². The van der Waals surface area contributed by atoms with Gasteiger partial charge in [-0.1, -0.05) is 42.0 Å². The monoisotopic (exact) mass is 424 g/mol. The molecule has 1 aromatic carbocycles. The molecule has 11 nitrogen and oxygen atoms in total. The largest absolute Gasteiger partial charge is 0.378 e. The topological polar surface area (TPSA) is 142 Å². The fraction of sp³-hybridized carbons (Fsp3) is 0.400. The first kappa shape index (κ1) is 20.7. The van der Waals surface area contributed by atoms with Crippen LogP contribution in [0.2, 0.25) is 0 Å². The molecular weight excluding hydrogens is 398 g/mol. The van der Waals surface area contributed by atoms with E-state index < -0.39 is 5.91 Å². The zero-order valence-corrected chi connectivity index (χ0v) is 17.6. The molecule has 4 rings (SSSR count). The maximum atomic E-state index is 12.8. The Labute approximate surface area is 179 Å². The first-order valence-corrected chi connectivity index (χ1v) is 10.3. The Bertz CT molecular complexity index is 1060. The van der Waals surface area contributed by atoms with Gasteiger partial charge in [-0.25, -0.2) is 10.1 Å². The van der Waals surface area contributed by atoms with Crippen LogP contribution in [0.4, 0.5) is 5.82 Å². The number of rotatable bonds is 6. The lowest BCUT2D eigenvalue weighted by Crippen LogP contribution is -3.11. The van der Waals surface area contributed by atoms with Gasteiger partial charge in [-0.3, -0.25) is 4.79 Å². The minimum atomic E-state index is -0.454. The van der Waals surface area contributed by atoms with Gasteiger partial charge in [-0.15, -0.1) is 5.10 Å². The molecule has 4 N–H and O–H groups in total. The standard InChI is InChI=1S/C20H25N9O2/c1-13-3-5-15(6-4-13)11-22-24-20(30)17-16(12-28-9-7-14(2)8-10-28)29(27-23-17)19-18(21)25-31-26-19/h3-6,11,14H,7-10,12H2,1-2H3,(H2,21,25)(H,24,30)/p+1. The number of nitrogen functional groups attached to an aromatic ring is 1. The molecule has 1 saturated heterocycles. The molecule has 162 valence electrons. The number of hydrogen-bond acceptors (Lipinski definition) is 8. The van der Waals surface area contributed by atoms with Gasteiger partial charge in [0, 0.05) is 0 Å². The molecule has 1 amide bonds. The fourth-order valence-corrected chi connectivity index (χ4v) is 3.60.